The van der Waals surface area contributed by atoms with Crippen molar-refractivity contribution in [2.75, 3.05) is 32.0 Å². The van der Waals surface area contributed by atoms with E-state index >= 15 is 0 Å². The molecule has 0 saturated carbocycles. The highest BCUT2D eigenvalue weighted by atomic mass is 35.5. The number of aromatic nitrogens is 2. The first-order valence-electron chi connectivity index (χ1n) is 5.14. The van der Waals surface area contributed by atoms with E-state index in [-0.39, 0.29) is 0 Å². The SMILES string of the molecule is CN1CCC(CNc2cnc(Cl)cn2)C1. The van der Waals surface area contributed by atoms with Crippen LogP contribution in [0.1, 0.15) is 6.42 Å². The highest BCUT2D eigenvalue weighted by Crippen LogP contribution is 2.14. The van der Waals surface area contributed by atoms with Gasteiger partial charge in [-0.3, -0.25) is 0 Å². The van der Waals surface area contributed by atoms with Crippen LogP contribution in [0.5, 0.6) is 0 Å². The molecule has 1 unspecified atom stereocenters. The van der Waals surface area contributed by atoms with Crippen molar-refractivity contribution in [1.82, 2.24) is 14.9 Å². The van der Waals surface area contributed by atoms with Crippen LogP contribution in [0.3, 0.4) is 0 Å². The predicted molar refractivity (Wildman–Crippen MR) is 61.1 cm³/mol. The second kappa shape index (κ2) is 4.77. The summed E-state index contributed by atoms with van der Waals surface area (Å²) in [5.41, 5.74) is 0. The van der Waals surface area contributed by atoms with Crippen molar-refractivity contribution in [2.45, 2.75) is 6.42 Å². The van der Waals surface area contributed by atoms with Crippen LogP contribution in [-0.2, 0) is 0 Å². The van der Waals surface area contributed by atoms with Crippen LogP contribution in [0.2, 0.25) is 5.15 Å². The first kappa shape index (κ1) is 10.6. The number of anilines is 1. The van der Waals surface area contributed by atoms with Crippen molar-refractivity contribution >= 4 is 17.4 Å². The Morgan fingerprint density at radius 3 is 3.00 bits per heavy atom. The minimum absolute atomic E-state index is 0.432. The molecule has 0 aromatic carbocycles. The molecule has 1 fully saturated rings. The zero-order valence-corrected chi connectivity index (χ0v) is 9.54. The van der Waals surface area contributed by atoms with Crippen molar-refractivity contribution in [3.63, 3.8) is 0 Å². The first-order chi connectivity index (χ1) is 7.24. The molecule has 0 amide bonds. The highest BCUT2D eigenvalue weighted by molar-refractivity contribution is 6.29. The number of hydrogen-bond donors (Lipinski definition) is 1. The van der Waals surface area contributed by atoms with E-state index in [9.17, 15) is 0 Å². The average molecular weight is 227 g/mol. The second-order valence-electron chi connectivity index (χ2n) is 4.02. The Hall–Kier alpha value is -0.870. The summed E-state index contributed by atoms with van der Waals surface area (Å²) in [6, 6.07) is 0. The summed E-state index contributed by atoms with van der Waals surface area (Å²) in [6.45, 7) is 3.31. The Kier molecular flexibility index (Phi) is 3.38. The normalized spacial score (nSPS) is 21.9. The zero-order chi connectivity index (χ0) is 10.7. The molecule has 1 aliphatic rings. The van der Waals surface area contributed by atoms with Crippen LogP contribution in [0, 0.1) is 5.92 Å². The van der Waals surface area contributed by atoms with Crippen LogP contribution in [0.15, 0.2) is 12.4 Å². The van der Waals surface area contributed by atoms with Crippen molar-refractivity contribution < 1.29 is 0 Å². The smallest absolute Gasteiger partial charge is 0.147 e. The minimum atomic E-state index is 0.432. The molecule has 2 rings (SSSR count). The monoisotopic (exact) mass is 226 g/mol. The minimum Gasteiger partial charge on any atom is -0.368 e. The standard InChI is InChI=1S/C10H15ClN4/c1-15-3-2-8(7-15)4-13-10-6-12-9(11)5-14-10/h5-6,8H,2-4,7H2,1H3,(H,13,14). The summed E-state index contributed by atoms with van der Waals surface area (Å²) in [4.78, 5) is 10.5. The van der Waals surface area contributed by atoms with Gasteiger partial charge in [-0.05, 0) is 25.9 Å². The van der Waals surface area contributed by atoms with Crippen molar-refractivity contribution in [1.29, 1.82) is 0 Å². The quantitative estimate of drug-likeness (QED) is 0.848. The van der Waals surface area contributed by atoms with E-state index in [0.717, 1.165) is 18.9 Å². The van der Waals surface area contributed by atoms with Crippen LogP contribution >= 0.6 is 11.6 Å². The summed E-state index contributed by atoms with van der Waals surface area (Å²) in [6.07, 6.45) is 4.48. The molecule has 15 heavy (non-hydrogen) atoms. The van der Waals surface area contributed by atoms with E-state index in [0.29, 0.717) is 11.1 Å². The number of rotatable bonds is 3. The van der Waals surface area contributed by atoms with Crippen molar-refractivity contribution in [2.24, 2.45) is 5.92 Å². The highest BCUT2D eigenvalue weighted by Gasteiger charge is 2.18. The van der Waals surface area contributed by atoms with Gasteiger partial charge in [-0.25, -0.2) is 9.97 Å². The lowest BCUT2D eigenvalue weighted by Crippen LogP contribution is -2.19. The summed E-state index contributed by atoms with van der Waals surface area (Å²) in [5, 5.41) is 3.71. The van der Waals surface area contributed by atoms with Crippen LogP contribution in [0.25, 0.3) is 0 Å². The molecule has 0 aliphatic carbocycles. The molecule has 1 N–H and O–H groups in total. The first-order valence-corrected chi connectivity index (χ1v) is 5.52. The maximum Gasteiger partial charge on any atom is 0.147 e. The van der Waals surface area contributed by atoms with E-state index in [2.05, 4.69) is 27.2 Å². The molecule has 0 radical (unpaired) electrons. The summed E-state index contributed by atoms with van der Waals surface area (Å²) >= 11 is 5.65. The molecular weight excluding hydrogens is 212 g/mol. The number of nitrogens with one attached hydrogen (secondary N) is 1. The van der Waals surface area contributed by atoms with Crippen molar-refractivity contribution in [3.8, 4) is 0 Å². The number of halogens is 1. The molecule has 1 aliphatic heterocycles. The number of nitrogens with zero attached hydrogens (tertiary/aromatic N) is 3. The van der Waals surface area contributed by atoms with E-state index in [4.69, 9.17) is 11.6 Å². The largest absolute Gasteiger partial charge is 0.368 e. The fraction of sp³-hybridized carbons (Fsp3) is 0.600. The van der Waals surface area contributed by atoms with Gasteiger partial charge in [0.1, 0.15) is 11.0 Å². The molecule has 5 heteroatoms. The van der Waals surface area contributed by atoms with Gasteiger partial charge < -0.3 is 10.2 Å². The Labute approximate surface area is 94.7 Å². The fourth-order valence-corrected chi connectivity index (χ4v) is 1.94. The van der Waals surface area contributed by atoms with Gasteiger partial charge in [0.2, 0.25) is 0 Å². The molecule has 4 nitrogen and oxygen atoms in total. The Balaban J connectivity index is 1.80. The lowest BCUT2D eigenvalue weighted by Gasteiger charge is -2.11. The Morgan fingerprint density at radius 1 is 1.53 bits per heavy atom. The molecule has 1 atom stereocenters. The number of hydrogen-bond acceptors (Lipinski definition) is 4. The van der Waals surface area contributed by atoms with E-state index in [1.54, 1.807) is 12.4 Å². The van der Waals surface area contributed by atoms with Gasteiger partial charge >= 0.3 is 0 Å². The molecule has 2 heterocycles. The van der Waals surface area contributed by atoms with Gasteiger partial charge in [-0.2, -0.15) is 0 Å². The van der Waals surface area contributed by atoms with Gasteiger partial charge in [0, 0.05) is 13.1 Å². The van der Waals surface area contributed by atoms with Crippen molar-refractivity contribution in [3.05, 3.63) is 17.5 Å². The molecule has 1 aromatic rings. The average Bonchev–Trinajstić information content (AvgIpc) is 2.64. The third-order valence-corrected chi connectivity index (χ3v) is 2.88. The Bertz CT molecular complexity index is 314. The van der Waals surface area contributed by atoms with E-state index in [1.807, 2.05) is 0 Å². The second-order valence-corrected chi connectivity index (χ2v) is 4.41. The molecule has 0 spiro atoms. The van der Waals surface area contributed by atoms with Crippen LogP contribution < -0.4 is 5.32 Å². The third-order valence-electron chi connectivity index (χ3n) is 2.68. The van der Waals surface area contributed by atoms with Gasteiger partial charge in [0.25, 0.3) is 0 Å². The third kappa shape index (κ3) is 3.04. The van der Waals surface area contributed by atoms with Crippen LogP contribution in [0.4, 0.5) is 5.82 Å². The maximum absolute atomic E-state index is 5.65. The van der Waals surface area contributed by atoms with Gasteiger partial charge in [-0.15, -0.1) is 0 Å². The lowest BCUT2D eigenvalue weighted by molar-refractivity contribution is 0.399. The molecule has 1 aromatic heterocycles. The molecule has 1 saturated heterocycles. The maximum atomic E-state index is 5.65. The molecule has 82 valence electrons. The van der Waals surface area contributed by atoms with Gasteiger partial charge in [-0.1, -0.05) is 11.6 Å². The van der Waals surface area contributed by atoms with Crippen LogP contribution in [-0.4, -0.2) is 41.5 Å². The predicted octanol–water partition coefficient (Wildman–Crippen LogP) is 1.49. The summed E-state index contributed by atoms with van der Waals surface area (Å²) in [5.74, 6) is 1.52. The Morgan fingerprint density at radius 2 is 2.40 bits per heavy atom. The molecular formula is C10H15ClN4. The lowest BCUT2D eigenvalue weighted by atomic mass is 10.1. The van der Waals surface area contributed by atoms with Gasteiger partial charge in [0.15, 0.2) is 0 Å². The van der Waals surface area contributed by atoms with Gasteiger partial charge in [0.05, 0.1) is 12.4 Å². The van der Waals surface area contributed by atoms with E-state index in [1.165, 1.54) is 13.0 Å². The fourth-order valence-electron chi connectivity index (χ4n) is 1.85. The number of likely N-dealkylation sites (tertiary alicyclic amines) is 1. The summed E-state index contributed by atoms with van der Waals surface area (Å²) < 4.78 is 0. The topological polar surface area (TPSA) is 41.0 Å². The zero-order valence-electron chi connectivity index (χ0n) is 8.78. The molecule has 0 bridgehead atoms. The summed E-state index contributed by atoms with van der Waals surface area (Å²) in [7, 11) is 2.15. The van der Waals surface area contributed by atoms with E-state index < -0.39 is 0 Å².